The molecule has 1 aromatic rings. The van der Waals surface area contributed by atoms with Crippen LogP contribution in [0.1, 0.15) is 47.2 Å². The van der Waals surface area contributed by atoms with Gasteiger partial charge < -0.3 is 14.7 Å². The van der Waals surface area contributed by atoms with E-state index in [4.69, 9.17) is 4.74 Å². The lowest BCUT2D eigenvalue weighted by Crippen LogP contribution is -2.33. The number of esters is 1. The molecular formula is C23H28N4O4S. The summed E-state index contributed by atoms with van der Waals surface area (Å²) in [5, 5.41) is 15.6. The standard InChI is InChI=1S/C23H28N4O4S/c1-22(2,3)16-13-32-21(24-16)26-19(29)14-9-10-27-12-15(20(30)25-17(27)11-14)7-8-18(28)31-23(4,5)6/h7-11,13,30H,12H2,1-6H3,(H,24,26,29). The van der Waals surface area contributed by atoms with E-state index in [2.05, 4.69) is 36.1 Å². The van der Waals surface area contributed by atoms with Crippen LogP contribution in [0.5, 0.6) is 0 Å². The first-order valence-corrected chi connectivity index (χ1v) is 11.1. The van der Waals surface area contributed by atoms with Gasteiger partial charge in [0.05, 0.1) is 12.2 Å². The van der Waals surface area contributed by atoms with Crippen LogP contribution in [0.3, 0.4) is 0 Å². The number of aliphatic hydroxyl groups is 1. The molecule has 0 aliphatic carbocycles. The number of hydrogen-bond donors (Lipinski definition) is 2. The second-order valence-corrected chi connectivity index (χ2v) is 10.3. The van der Waals surface area contributed by atoms with Crippen molar-refractivity contribution in [3.63, 3.8) is 0 Å². The van der Waals surface area contributed by atoms with Crippen molar-refractivity contribution in [1.82, 2.24) is 9.88 Å². The Hall–Kier alpha value is -3.20. The average molecular weight is 457 g/mol. The maximum absolute atomic E-state index is 12.7. The van der Waals surface area contributed by atoms with Gasteiger partial charge in [-0.2, -0.15) is 4.99 Å². The van der Waals surface area contributed by atoms with Gasteiger partial charge in [0.2, 0.25) is 5.88 Å². The molecule has 0 radical (unpaired) electrons. The minimum absolute atomic E-state index is 0.0969. The van der Waals surface area contributed by atoms with Crippen molar-refractivity contribution in [3.8, 4) is 0 Å². The highest BCUT2D eigenvalue weighted by Gasteiger charge is 2.24. The van der Waals surface area contributed by atoms with E-state index >= 15 is 0 Å². The smallest absolute Gasteiger partial charge is 0.331 e. The molecule has 1 aromatic heterocycles. The molecular weight excluding hydrogens is 428 g/mol. The number of hydrogen-bond acceptors (Lipinski definition) is 8. The number of amides is 1. The summed E-state index contributed by atoms with van der Waals surface area (Å²) in [6.07, 6.45) is 7.73. The summed E-state index contributed by atoms with van der Waals surface area (Å²) in [5.74, 6) is -0.592. The van der Waals surface area contributed by atoms with Gasteiger partial charge in [-0.3, -0.25) is 10.1 Å². The number of amidine groups is 1. The van der Waals surface area contributed by atoms with E-state index < -0.39 is 11.6 Å². The monoisotopic (exact) mass is 456 g/mol. The molecule has 2 aliphatic heterocycles. The van der Waals surface area contributed by atoms with Crippen LogP contribution in [0, 0.1) is 0 Å². The van der Waals surface area contributed by atoms with Gasteiger partial charge in [-0.15, -0.1) is 11.3 Å². The fourth-order valence-electron chi connectivity index (χ4n) is 2.80. The number of anilines is 1. The van der Waals surface area contributed by atoms with Gasteiger partial charge in [-0.1, -0.05) is 20.8 Å². The summed E-state index contributed by atoms with van der Waals surface area (Å²) in [7, 11) is 0. The third-order valence-corrected chi connectivity index (χ3v) is 5.20. The number of nitrogens with one attached hydrogen (secondary N) is 1. The highest BCUT2D eigenvalue weighted by molar-refractivity contribution is 7.14. The van der Waals surface area contributed by atoms with Crippen LogP contribution in [0.2, 0.25) is 0 Å². The first-order valence-electron chi connectivity index (χ1n) is 10.2. The van der Waals surface area contributed by atoms with E-state index in [0.717, 1.165) is 5.69 Å². The molecule has 0 spiro atoms. The summed E-state index contributed by atoms with van der Waals surface area (Å²) in [6.45, 7) is 11.8. The Balaban J connectivity index is 1.71. The fourth-order valence-corrected chi connectivity index (χ4v) is 3.73. The van der Waals surface area contributed by atoms with E-state index in [1.165, 1.54) is 23.5 Å². The number of aromatic nitrogens is 1. The number of fused-ring (bicyclic) bond motifs is 1. The zero-order valence-corrected chi connectivity index (χ0v) is 19.9. The van der Waals surface area contributed by atoms with Crippen LogP contribution in [0.15, 0.2) is 57.9 Å². The highest BCUT2D eigenvalue weighted by Crippen LogP contribution is 2.27. The highest BCUT2D eigenvalue weighted by atomic mass is 32.1. The SMILES string of the molecule is CC(C)(C)OC(=O)C=CC1=C(O)N=C2C=C(C(=O)Nc3nc(C(C)(C)C)cs3)C=CN2C1. The normalized spacial score (nSPS) is 16.6. The Bertz CT molecular complexity index is 1080. The zero-order valence-electron chi connectivity index (χ0n) is 19.1. The molecule has 8 nitrogen and oxygen atoms in total. The predicted molar refractivity (Wildman–Crippen MR) is 125 cm³/mol. The van der Waals surface area contributed by atoms with Crippen LogP contribution >= 0.6 is 11.3 Å². The van der Waals surface area contributed by atoms with E-state index in [1.54, 1.807) is 44.0 Å². The van der Waals surface area contributed by atoms with Crippen LogP contribution < -0.4 is 5.32 Å². The Morgan fingerprint density at radius 1 is 1.25 bits per heavy atom. The molecule has 0 saturated heterocycles. The number of aliphatic hydroxyl groups excluding tert-OH is 1. The van der Waals surface area contributed by atoms with Gasteiger partial charge >= 0.3 is 5.97 Å². The van der Waals surface area contributed by atoms with Gasteiger partial charge in [0.1, 0.15) is 11.4 Å². The van der Waals surface area contributed by atoms with Gasteiger partial charge in [-0.25, -0.2) is 9.78 Å². The Morgan fingerprint density at radius 2 is 1.97 bits per heavy atom. The van der Waals surface area contributed by atoms with Gasteiger partial charge in [0, 0.05) is 34.2 Å². The number of thiazole rings is 1. The first-order chi connectivity index (χ1) is 14.8. The molecule has 0 fully saturated rings. The van der Waals surface area contributed by atoms with Crippen LogP contribution in [0.4, 0.5) is 5.13 Å². The van der Waals surface area contributed by atoms with E-state index in [0.29, 0.717) is 28.7 Å². The van der Waals surface area contributed by atoms with Crippen molar-refractivity contribution in [2.24, 2.45) is 4.99 Å². The van der Waals surface area contributed by atoms with Gasteiger partial charge in [0.15, 0.2) is 5.13 Å². The summed E-state index contributed by atoms with van der Waals surface area (Å²) in [4.78, 5) is 35.0. The topological polar surface area (TPSA) is 104 Å². The van der Waals surface area contributed by atoms with E-state index in [9.17, 15) is 14.7 Å². The Labute approximate surface area is 191 Å². The lowest BCUT2D eigenvalue weighted by molar-refractivity contribution is -0.148. The minimum atomic E-state index is -0.597. The first kappa shape index (κ1) is 23.5. The third kappa shape index (κ3) is 5.94. The van der Waals surface area contributed by atoms with Crippen molar-refractivity contribution in [3.05, 3.63) is 58.6 Å². The number of aliphatic imine (C=N–C) groups is 1. The number of nitrogens with zero attached hydrogens (tertiary/aromatic N) is 3. The third-order valence-electron chi connectivity index (χ3n) is 4.44. The summed E-state index contributed by atoms with van der Waals surface area (Å²) in [6, 6.07) is 0. The zero-order chi connectivity index (χ0) is 23.7. The van der Waals surface area contributed by atoms with Crippen molar-refractivity contribution in [1.29, 1.82) is 0 Å². The fraction of sp³-hybridized carbons (Fsp3) is 0.391. The molecule has 0 aromatic carbocycles. The maximum Gasteiger partial charge on any atom is 0.331 e. The van der Waals surface area contributed by atoms with E-state index in [1.807, 2.05) is 5.38 Å². The van der Waals surface area contributed by atoms with Crippen molar-refractivity contribution >= 4 is 34.2 Å². The lowest BCUT2D eigenvalue weighted by atomic mass is 9.93. The molecule has 0 unspecified atom stereocenters. The van der Waals surface area contributed by atoms with Crippen LogP contribution in [0.25, 0.3) is 0 Å². The maximum atomic E-state index is 12.7. The van der Waals surface area contributed by atoms with Gasteiger partial charge in [0.25, 0.3) is 5.91 Å². The average Bonchev–Trinajstić information content (AvgIpc) is 3.13. The van der Waals surface area contributed by atoms with E-state index in [-0.39, 0.29) is 17.2 Å². The second kappa shape index (κ2) is 8.74. The molecule has 2 N–H and O–H groups in total. The molecule has 2 aliphatic rings. The van der Waals surface area contributed by atoms with Crippen LogP contribution in [-0.2, 0) is 19.7 Å². The van der Waals surface area contributed by atoms with Crippen LogP contribution in [-0.4, -0.2) is 44.8 Å². The largest absolute Gasteiger partial charge is 0.493 e. The Morgan fingerprint density at radius 3 is 2.59 bits per heavy atom. The molecule has 1 amide bonds. The second-order valence-electron chi connectivity index (χ2n) is 9.47. The molecule has 0 bridgehead atoms. The van der Waals surface area contributed by atoms with Crippen molar-refractivity contribution < 1.29 is 19.4 Å². The molecule has 170 valence electrons. The summed E-state index contributed by atoms with van der Waals surface area (Å²) < 4.78 is 5.23. The number of rotatable bonds is 4. The quantitative estimate of drug-likeness (QED) is 0.519. The number of carbonyl (C=O) groups excluding carboxylic acids is 2. The minimum Gasteiger partial charge on any atom is -0.493 e. The van der Waals surface area contributed by atoms with Gasteiger partial charge in [-0.05, 0) is 39.0 Å². The van der Waals surface area contributed by atoms with Crippen molar-refractivity contribution in [2.45, 2.75) is 52.6 Å². The lowest BCUT2D eigenvalue weighted by Gasteiger charge is -2.27. The number of ether oxygens (including phenoxy) is 1. The molecule has 32 heavy (non-hydrogen) atoms. The molecule has 0 saturated carbocycles. The molecule has 3 rings (SSSR count). The predicted octanol–water partition coefficient (Wildman–Crippen LogP) is 4.21. The summed E-state index contributed by atoms with van der Waals surface area (Å²) in [5.41, 5.74) is 1.08. The summed E-state index contributed by atoms with van der Waals surface area (Å²) >= 11 is 1.38. The Kier molecular flexibility index (Phi) is 6.41. The molecule has 0 atom stereocenters. The van der Waals surface area contributed by atoms with Crippen molar-refractivity contribution in [2.75, 3.05) is 11.9 Å². The molecule has 9 heteroatoms. The number of carbonyl (C=O) groups is 2. The molecule has 3 heterocycles.